The summed E-state index contributed by atoms with van der Waals surface area (Å²) in [5.41, 5.74) is -2.04. The number of urea groups is 1. The Hall–Kier alpha value is -4.34. The maximum atomic E-state index is 13.7. The quantitative estimate of drug-likeness (QED) is 0.115. The molecule has 214 valence electrons. The summed E-state index contributed by atoms with van der Waals surface area (Å²) in [6.45, 7) is 4.72. The van der Waals surface area contributed by atoms with Crippen molar-refractivity contribution >= 4 is 52.8 Å². The van der Waals surface area contributed by atoms with Crippen LogP contribution in [0.3, 0.4) is 0 Å². The van der Waals surface area contributed by atoms with Crippen molar-refractivity contribution in [1.82, 2.24) is 30.7 Å². The molecule has 1 aromatic rings. The molecule has 7 amide bonds. The molecule has 0 aromatic heterocycles. The number of carboxylic acids is 1. The number of rotatable bonds is 8. The Morgan fingerprint density at radius 1 is 1.12 bits per heavy atom. The van der Waals surface area contributed by atoms with Crippen LogP contribution in [-0.2, 0) is 39.6 Å². The van der Waals surface area contributed by atoms with E-state index < -0.39 is 74.3 Å². The van der Waals surface area contributed by atoms with Gasteiger partial charge in [0.15, 0.2) is 5.37 Å². The maximum absolute atomic E-state index is 13.7. The average Bonchev–Trinajstić information content (AvgIpc) is 3.12. The summed E-state index contributed by atoms with van der Waals surface area (Å²) >= 11 is 0. The number of hydrogen-bond donors (Lipinski definition) is 4. The lowest BCUT2D eigenvalue weighted by Crippen LogP contribution is -2.86. The molecule has 0 bridgehead atoms. The first-order valence-electron chi connectivity index (χ1n) is 12.3. The molecule has 0 radical (unpaired) electrons. The van der Waals surface area contributed by atoms with Gasteiger partial charge < -0.3 is 30.9 Å². The van der Waals surface area contributed by atoms with Gasteiger partial charge in [-0.15, -0.1) is 0 Å². The van der Waals surface area contributed by atoms with Crippen LogP contribution in [-0.4, -0.2) is 108 Å². The monoisotopic (exact) mass is 576 g/mol. The number of imide groups is 1. The molecule has 16 heteroatoms. The zero-order valence-electron chi connectivity index (χ0n) is 21.8. The Morgan fingerprint density at radius 2 is 1.77 bits per heavy atom. The first kappa shape index (κ1) is 28.7. The number of likely N-dealkylation sites (N-methyl/N-ethyl adjacent to an activating group) is 1. The lowest BCUT2D eigenvalue weighted by atomic mass is 9.91. The number of nitrogens with one attached hydrogen (secondary N) is 3. The molecule has 3 fully saturated rings. The van der Waals surface area contributed by atoms with Crippen molar-refractivity contribution in [1.29, 1.82) is 0 Å². The zero-order chi connectivity index (χ0) is 29.6. The highest BCUT2D eigenvalue weighted by molar-refractivity contribution is 7.87. The number of amides is 7. The third-order valence-corrected chi connectivity index (χ3v) is 9.54. The first-order chi connectivity index (χ1) is 18.8. The maximum Gasteiger partial charge on any atom is 0.328 e. The molecule has 40 heavy (non-hydrogen) atoms. The molecule has 3 aliphatic rings. The highest BCUT2D eigenvalue weighted by atomic mass is 32.2. The molecule has 3 aliphatic heterocycles. The molecule has 0 saturated carbocycles. The second-order valence-electron chi connectivity index (χ2n) is 9.90. The van der Waals surface area contributed by atoms with Crippen molar-refractivity contribution in [2.24, 2.45) is 0 Å². The van der Waals surface area contributed by atoms with Crippen LogP contribution in [0.25, 0.3) is 0 Å². The minimum Gasteiger partial charge on any atom is -0.480 e. The van der Waals surface area contributed by atoms with Crippen molar-refractivity contribution in [2.45, 2.75) is 48.6 Å². The fraction of sp³-hybridized carbons (Fsp3) is 0.458. The molecule has 15 nitrogen and oxygen atoms in total. The third kappa shape index (κ3) is 4.27. The molecule has 0 spiro atoms. The van der Waals surface area contributed by atoms with E-state index in [0.29, 0.717) is 4.90 Å². The number of carbonyl (C=O) groups excluding carboxylic acids is 6. The highest BCUT2D eigenvalue weighted by Crippen LogP contribution is 2.47. The van der Waals surface area contributed by atoms with Gasteiger partial charge in [0.1, 0.15) is 12.1 Å². The van der Waals surface area contributed by atoms with Gasteiger partial charge in [-0.05, 0) is 26.3 Å². The van der Waals surface area contributed by atoms with Gasteiger partial charge in [-0.25, -0.2) is 9.59 Å². The van der Waals surface area contributed by atoms with Crippen molar-refractivity contribution < 1.29 is 42.9 Å². The molecule has 3 saturated heterocycles. The van der Waals surface area contributed by atoms with E-state index in [1.165, 1.54) is 30.9 Å². The zero-order valence-corrected chi connectivity index (χ0v) is 22.6. The van der Waals surface area contributed by atoms with Crippen LogP contribution in [0.4, 0.5) is 4.79 Å². The van der Waals surface area contributed by atoms with Crippen LogP contribution >= 0.6 is 0 Å². The molecule has 4 rings (SSSR count). The van der Waals surface area contributed by atoms with Gasteiger partial charge in [0.05, 0.1) is 15.5 Å². The largest absolute Gasteiger partial charge is 0.480 e. The smallest absolute Gasteiger partial charge is 0.328 e. The predicted molar refractivity (Wildman–Crippen MR) is 136 cm³/mol. The summed E-state index contributed by atoms with van der Waals surface area (Å²) < 4.78 is 11.9. The van der Waals surface area contributed by atoms with Crippen molar-refractivity contribution in [3.63, 3.8) is 0 Å². The number of hydrogen-bond acceptors (Lipinski definition) is 8. The normalized spacial score (nSPS) is 27.8. The summed E-state index contributed by atoms with van der Waals surface area (Å²) in [6, 6.07) is 3.68. The van der Waals surface area contributed by atoms with E-state index >= 15 is 0 Å². The van der Waals surface area contributed by atoms with Crippen molar-refractivity contribution in [3.05, 3.63) is 35.9 Å². The second-order valence-corrected chi connectivity index (χ2v) is 12.0. The van der Waals surface area contributed by atoms with Gasteiger partial charge in [0.2, 0.25) is 18.0 Å². The third-order valence-electron chi connectivity index (χ3n) is 7.29. The van der Waals surface area contributed by atoms with Crippen LogP contribution in [0.2, 0.25) is 0 Å². The van der Waals surface area contributed by atoms with Gasteiger partial charge in [-0.2, -0.15) is 0 Å². The van der Waals surface area contributed by atoms with Crippen LogP contribution < -0.4 is 16.0 Å². The number of carboxylic acid groups (broad SMARTS) is 1. The van der Waals surface area contributed by atoms with Crippen LogP contribution in [0.5, 0.6) is 0 Å². The number of carbonyl (C=O) groups is 7. The molecule has 5 atom stereocenters. The van der Waals surface area contributed by atoms with E-state index in [1.807, 2.05) is 0 Å². The van der Waals surface area contributed by atoms with Gasteiger partial charge in [-0.3, -0.25) is 33.1 Å². The van der Waals surface area contributed by atoms with Crippen molar-refractivity contribution in [3.8, 4) is 0 Å². The van der Waals surface area contributed by atoms with E-state index in [1.54, 1.807) is 25.1 Å². The SMILES string of the molecule is CCN1CCN(C(=O)NC(C(=O)N[C@]2(NC=O)C(=O)N3[C@@H](C(=O)O)C(C)(C)S(=O)[C@@H]32)c2ccccc2)C(=O)C1=O. The molecule has 1 aromatic carbocycles. The minimum absolute atomic E-state index is 0.0986. The molecule has 2 unspecified atom stereocenters. The number of β-lactam (4-membered cyclic amide) rings is 1. The summed E-state index contributed by atoms with van der Waals surface area (Å²) in [6.07, 6.45) is 0.113. The summed E-state index contributed by atoms with van der Waals surface area (Å²) in [4.78, 5) is 91.2. The number of aliphatic carboxylic acids is 1. The van der Waals surface area contributed by atoms with E-state index in [2.05, 4.69) is 16.0 Å². The number of piperazine rings is 1. The lowest BCUT2D eigenvalue weighted by Gasteiger charge is -2.52. The van der Waals surface area contributed by atoms with E-state index in [4.69, 9.17) is 0 Å². The Bertz CT molecular complexity index is 1320. The Labute approximate surface area is 230 Å². The second kappa shape index (κ2) is 10.3. The molecule has 4 N–H and O–H groups in total. The van der Waals surface area contributed by atoms with Gasteiger partial charge in [0, 0.05) is 19.6 Å². The molecular formula is C24H28N6O9S. The fourth-order valence-electron chi connectivity index (χ4n) is 5.18. The number of benzene rings is 1. The fourth-order valence-corrected chi connectivity index (χ4v) is 7.17. The average molecular weight is 577 g/mol. The van der Waals surface area contributed by atoms with Crippen LogP contribution in [0.15, 0.2) is 30.3 Å². The number of nitrogens with zero attached hydrogens (tertiary/aromatic N) is 3. The predicted octanol–water partition coefficient (Wildman–Crippen LogP) is -2.15. The minimum atomic E-state index is -2.26. The topological polar surface area (TPSA) is 203 Å². The van der Waals surface area contributed by atoms with Gasteiger partial charge in [0.25, 0.3) is 5.91 Å². The van der Waals surface area contributed by atoms with Crippen molar-refractivity contribution in [2.75, 3.05) is 19.6 Å². The number of fused-ring (bicyclic) bond motifs is 1. The van der Waals surface area contributed by atoms with Crippen LogP contribution in [0, 0.1) is 0 Å². The Balaban J connectivity index is 1.64. The molecular weight excluding hydrogens is 548 g/mol. The Kier molecular flexibility index (Phi) is 7.40. The highest BCUT2D eigenvalue weighted by Gasteiger charge is 2.76. The first-order valence-corrected chi connectivity index (χ1v) is 13.5. The summed E-state index contributed by atoms with van der Waals surface area (Å²) in [7, 11) is -2.06. The summed E-state index contributed by atoms with van der Waals surface area (Å²) in [5.74, 6) is -5.39. The van der Waals surface area contributed by atoms with E-state index in [-0.39, 0.29) is 31.6 Å². The van der Waals surface area contributed by atoms with E-state index in [9.17, 15) is 42.9 Å². The molecule has 3 heterocycles. The Morgan fingerprint density at radius 3 is 2.35 bits per heavy atom. The van der Waals surface area contributed by atoms with Gasteiger partial charge in [-0.1, -0.05) is 30.3 Å². The van der Waals surface area contributed by atoms with Crippen LogP contribution in [0.1, 0.15) is 32.4 Å². The molecule has 0 aliphatic carbocycles. The lowest BCUT2D eigenvalue weighted by molar-refractivity contribution is -0.172. The van der Waals surface area contributed by atoms with Gasteiger partial charge >= 0.3 is 23.8 Å². The van der Waals surface area contributed by atoms with E-state index in [0.717, 1.165) is 4.90 Å². The summed E-state index contributed by atoms with van der Waals surface area (Å²) in [5, 5.41) is 15.3. The standard InChI is InChI=1S/C24H28N6O9S/c1-4-28-10-11-29(18(34)17(28)33)22(38)26-14(13-8-6-5-7-9-13)16(32)27-24(25-12-31)20(37)30-15(19(35)36)23(2,3)40(39)21(24)30/h5-9,12,14-15,21H,4,10-11H2,1-3H3,(H,25,31)(H,26,38)(H,27,32)(H,35,36)/t14?,15-,21+,24+,40?/m0/s1.